The predicted octanol–water partition coefficient (Wildman–Crippen LogP) is 3.25. The summed E-state index contributed by atoms with van der Waals surface area (Å²) < 4.78 is 23.4. The number of carbonyl (C=O) groups excluding carboxylic acids is 1. The summed E-state index contributed by atoms with van der Waals surface area (Å²) in [6.45, 7) is 1.86. The van der Waals surface area contributed by atoms with E-state index in [2.05, 4.69) is 0 Å². The van der Waals surface area contributed by atoms with Crippen molar-refractivity contribution in [2.24, 2.45) is 5.92 Å². The second-order valence-corrected chi connectivity index (χ2v) is 4.40. The normalized spacial score (nSPS) is 13.2. The summed E-state index contributed by atoms with van der Waals surface area (Å²) in [4.78, 5) is 12.0. The van der Waals surface area contributed by atoms with Crippen molar-refractivity contribution < 1.29 is 18.3 Å². The van der Waals surface area contributed by atoms with Crippen molar-refractivity contribution in [1.82, 2.24) is 0 Å². The first-order valence-corrected chi connectivity index (χ1v) is 6.52. The van der Waals surface area contributed by atoms with E-state index in [1.54, 1.807) is 19.1 Å². The number of esters is 1. The Kier molecular flexibility index (Phi) is 4.72. The molecule has 0 aliphatic rings. The molecular weight excluding hydrogens is 273 g/mol. The Balaban J connectivity index is 2.43. The quantitative estimate of drug-likeness (QED) is 0.792. The van der Waals surface area contributed by atoms with Crippen molar-refractivity contribution in [2.75, 3.05) is 6.61 Å². The van der Waals surface area contributed by atoms with Crippen LogP contribution in [0.4, 0.5) is 4.39 Å². The van der Waals surface area contributed by atoms with Crippen LogP contribution in [-0.4, -0.2) is 12.6 Å². The maximum atomic E-state index is 13.1. The van der Waals surface area contributed by atoms with Gasteiger partial charge in [-0.1, -0.05) is 12.1 Å². The fourth-order valence-corrected chi connectivity index (χ4v) is 2.15. The largest absolute Gasteiger partial charge is 0.469 e. The summed E-state index contributed by atoms with van der Waals surface area (Å²) in [5.74, 6) is -2.24. The Hall–Kier alpha value is -2.61. The van der Waals surface area contributed by atoms with E-state index in [4.69, 9.17) is 9.15 Å². The first kappa shape index (κ1) is 14.8. The van der Waals surface area contributed by atoms with E-state index >= 15 is 0 Å². The van der Waals surface area contributed by atoms with Crippen molar-refractivity contribution in [3.8, 4) is 6.07 Å². The van der Waals surface area contributed by atoms with E-state index < -0.39 is 17.8 Å². The van der Waals surface area contributed by atoms with Crippen LogP contribution in [0, 0.1) is 23.1 Å². The van der Waals surface area contributed by atoms with Gasteiger partial charge in [0, 0.05) is 0 Å². The van der Waals surface area contributed by atoms with Crippen molar-refractivity contribution in [2.45, 2.75) is 12.8 Å². The molecular formula is C16H14FNO3. The summed E-state index contributed by atoms with van der Waals surface area (Å²) in [7, 11) is 0. The second-order valence-electron chi connectivity index (χ2n) is 4.40. The van der Waals surface area contributed by atoms with Crippen molar-refractivity contribution in [1.29, 1.82) is 5.26 Å². The lowest BCUT2D eigenvalue weighted by atomic mass is 9.85. The summed E-state index contributed by atoms with van der Waals surface area (Å²) in [5, 5.41) is 9.34. The molecule has 0 N–H and O–H groups in total. The highest BCUT2D eigenvalue weighted by Crippen LogP contribution is 2.33. The summed E-state index contributed by atoms with van der Waals surface area (Å²) >= 11 is 0. The third-order valence-electron chi connectivity index (χ3n) is 3.09. The van der Waals surface area contributed by atoms with Crippen LogP contribution in [0.25, 0.3) is 0 Å². The number of ether oxygens (including phenoxy) is 1. The Bertz CT molecular complexity index is 629. The fourth-order valence-electron chi connectivity index (χ4n) is 2.15. The third kappa shape index (κ3) is 3.29. The lowest BCUT2D eigenvalue weighted by Gasteiger charge is -2.19. The van der Waals surface area contributed by atoms with Gasteiger partial charge in [0.05, 0.1) is 24.9 Å². The lowest BCUT2D eigenvalue weighted by Crippen LogP contribution is -2.24. The average molecular weight is 287 g/mol. The van der Waals surface area contributed by atoms with E-state index in [0.29, 0.717) is 11.3 Å². The van der Waals surface area contributed by atoms with Gasteiger partial charge in [-0.25, -0.2) is 4.39 Å². The molecule has 0 bridgehead atoms. The zero-order valence-electron chi connectivity index (χ0n) is 11.5. The maximum absolute atomic E-state index is 13.1. The maximum Gasteiger partial charge on any atom is 0.324 e. The highest BCUT2D eigenvalue weighted by Gasteiger charge is 2.34. The van der Waals surface area contributed by atoms with E-state index in [1.807, 2.05) is 6.07 Å². The van der Waals surface area contributed by atoms with Crippen molar-refractivity contribution in [3.63, 3.8) is 0 Å². The Morgan fingerprint density at radius 3 is 2.62 bits per heavy atom. The van der Waals surface area contributed by atoms with Gasteiger partial charge in [0.2, 0.25) is 0 Å². The Morgan fingerprint density at radius 2 is 2.10 bits per heavy atom. The number of carbonyl (C=O) groups is 1. The van der Waals surface area contributed by atoms with Crippen LogP contribution < -0.4 is 0 Å². The van der Waals surface area contributed by atoms with Crippen molar-refractivity contribution in [3.05, 3.63) is 59.8 Å². The molecule has 2 aromatic rings. The smallest absolute Gasteiger partial charge is 0.324 e. The van der Waals surface area contributed by atoms with Crippen molar-refractivity contribution >= 4 is 5.97 Å². The molecule has 0 aliphatic carbocycles. The standard InChI is InChI=1S/C16H14FNO3/c1-2-20-16(19)13(10-18)15(14-4-3-9-21-14)11-5-7-12(17)8-6-11/h3-9,13,15H,2H2,1H3/t13-,15+/m0/s1. The third-order valence-corrected chi connectivity index (χ3v) is 3.09. The van der Waals surface area contributed by atoms with Crippen LogP contribution >= 0.6 is 0 Å². The molecule has 2 rings (SSSR count). The van der Waals surface area contributed by atoms with Gasteiger partial charge in [-0.2, -0.15) is 5.26 Å². The Labute approximate surface area is 121 Å². The molecule has 0 saturated heterocycles. The SMILES string of the molecule is CCOC(=O)[C@@H](C#N)[C@@H](c1ccc(F)cc1)c1ccco1. The van der Waals surface area contributed by atoms with Crippen LogP contribution in [0.1, 0.15) is 24.2 Å². The average Bonchev–Trinajstić information content (AvgIpc) is 3.00. The van der Waals surface area contributed by atoms with E-state index in [9.17, 15) is 14.4 Å². The molecule has 2 atom stereocenters. The molecule has 0 aliphatic heterocycles. The summed E-state index contributed by atoms with van der Waals surface area (Å²) in [6, 6.07) is 10.9. The first-order chi connectivity index (χ1) is 10.2. The molecule has 108 valence electrons. The summed E-state index contributed by atoms with van der Waals surface area (Å²) in [5.41, 5.74) is 0.617. The van der Waals surface area contributed by atoms with Gasteiger partial charge in [0.1, 0.15) is 11.6 Å². The molecule has 0 unspecified atom stereocenters. The highest BCUT2D eigenvalue weighted by atomic mass is 19.1. The number of halogens is 1. The number of hydrogen-bond acceptors (Lipinski definition) is 4. The summed E-state index contributed by atoms with van der Waals surface area (Å²) in [6.07, 6.45) is 1.46. The van der Waals surface area contributed by atoms with Gasteiger partial charge in [-0.05, 0) is 36.8 Å². The second kappa shape index (κ2) is 6.71. The molecule has 1 aromatic heterocycles. The number of rotatable bonds is 5. The van der Waals surface area contributed by atoms with Gasteiger partial charge in [-0.3, -0.25) is 4.79 Å². The van der Waals surface area contributed by atoms with E-state index in [-0.39, 0.29) is 12.4 Å². The van der Waals surface area contributed by atoms with Crippen LogP contribution in [0.15, 0.2) is 47.1 Å². The topological polar surface area (TPSA) is 63.2 Å². The molecule has 1 aromatic carbocycles. The molecule has 21 heavy (non-hydrogen) atoms. The van der Waals surface area contributed by atoms with Crippen LogP contribution in [-0.2, 0) is 9.53 Å². The lowest BCUT2D eigenvalue weighted by molar-refractivity contribution is -0.146. The Morgan fingerprint density at radius 1 is 1.38 bits per heavy atom. The zero-order chi connectivity index (χ0) is 15.2. The predicted molar refractivity (Wildman–Crippen MR) is 72.7 cm³/mol. The van der Waals surface area contributed by atoms with Gasteiger partial charge in [-0.15, -0.1) is 0 Å². The molecule has 0 spiro atoms. The van der Waals surface area contributed by atoms with Crippen LogP contribution in [0.5, 0.6) is 0 Å². The van der Waals surface area contributed by atoms with Gasteiger partial charge < -0.3 is 9.15 Å². The molecule has 5 heteroatoms. The van der Waals surface area contributed by atoms with E-state index in [0.717, 1.165) is 0 Å². The minimum atomic E-state index is -1.05. The van der Waals surface area contributed by atoms with Gasteiger partial charge in [0.25, 0.3) is 0 Å². The number of nitriles is 1. The number of furan rings is 1. The minimum Gasteiger partial charge on any atom is -0.469 e. The van der Waals surface area contributed by atoms with Gasteiger partial charge in [0.15, 0.2) is 5.92 Å². The van der Waals surface area contributed by atoms with Crippen LogP contribution in [0.3, 0.4) is 0 Å². The molecule has 0 radical (unpaired) electrons. The first-order valence-electron chi connectivity index (χ1n) is 6.52. The monoisotopic (exact) mass is 287 g/mol. The molecule has 0 amide bonds. The molecule has 0 saturated carbocycles. The fraction of sp³-hybridized carbons (Fsp3) is 0.250. The number of benzene rings is 1. The van der Waals surface area contributed by atoms with E-state index in [1.165, 1.54) is 30.5 Å². The van der Waals surface area contributed by atoms with Crippen LogP contribution in [0.2, 0.25) is 0 Å². The zero-order valence-corrected chi connectivity index (χ0v) is 11.5. The molecule has 0 fully saturated rings. The highest BCUT2D eigenvalue weighted by molar-refractivity contribution is 5.77. The van der Waals surface area contributed by atoms with Gasteiger partial charge >= 0.3 is 5.97 Å². The molecule has 1 heterocycles. The molecule has 4 nitrogen and oxygen atoms in total. The number of hydrogen-bond donors (Lipinski definition) is 0. The number of nitrogens with zero attached hydrogens (tertiary/aromatic N) is 1. The minimum absolute atomic E-state index is 0.186.